The van der Waals surface area contributed by atoms with Crippen molar-refractivity contribution in [3.05, 3.63) is 65.9 Å². The molecule has 5 rings (SSSR count). The van der Waals surface area contributed by atoms with Gasteiger partial charge in [0.15, 0.2) is 11.6 Å². The normalized spacial score (nSPS) is 15.0. The van der Waals surface area contributed by atoms with Gasteiger partial charge in [-0.15, -0.1) is 0 Å². The summed E-state index contributed by atoms with van der Waals surface area (Å²) >= 11 is 0. The predicted molar refractivity (Wildman–Crippen MR) is 138 cm³/mol. The van der Waals surface area contributed by atoms with E-state index in [1.807, 2.05) is 55.3 Å². The van der Waals surface area contributed by atoms with Gasteiger partial charge in [0.25, 0.3) is 5.91 Å². The minimum absolute atomic E-state index is 0.283. The summed E-state index contributed by atoms with van der Waals surface area (Å²) in [5.74, 6) is 2.27. The molecule has 0 atom stereocenters. The van der Waals surface area contributed by atoms with Gasteiger partial charge in [0.05, 0.1) is 0 Å². The van der Waals surface area contributed by atoms with Crippen LogP contribution in [0.3, 0.4) is 0 Å². The van der Waals surface area contributed by atoms with Gasteiger partial charge in [-0.2, -0.15) is 15.2 Å². The van der Waals surface area contributed by atoms with Crippen molar-refractivity contribution in [2.75, 3.05) is 30.4 Å². The summed E-state index contributed by atoms with van der Waals surface area (Å²) in [6.45, 7) is 5.10. The highest BCUT2D eigenvalue weighted by atomic mass is 16.3. The third kappa shape index (κ3) is 5.43. The molecule has 0 bridgehead atoms. The molecule has 1 fully saturated rings. The lowest BCUT2D eigenvalue weighted by atomic mass is 9.90. The molecule has 1 aliphatic rings. The van der Waals surface area contributed by atoms with Gasteiger partial charge in [0, 0.05) is 81.6 Å². The van der Waals surface area contributed by atoms with E-state index >= 15 is 0 Å². The summed E-state index contributed by atoms with van der Waals surface area (Å²) in [6, 6.07) is 9.33. The number of nitrogens with zero attached hydrogens (tertiary/aromatic N) is 8. The first-order valence-corrected chi connectivity index (χ1v) is 12.1. The van der Waals surface area contributed by atoms with Gasteiger partial charge in [0.2, 0.25) is 5.95 Å². The number of aromatic nitrogens is 7. The van der Waals surface area contributed by atoms with Crippen LogP contribution in [0.2, 0.25) is 0 Å². The quantitative estimate of drug-likeness (QED) is 0.346. The lowest BCUT2D eigenvalue weighted by Crippen LogP contribution is -2.54. The van der Waals surface area contributed by atoms with Gasteiger partial charge < -0.3 is 20.2 Å². The van der Waals surface area contributed by atoms with Crippen LogP contribution in [-0.2, 0) is 11.3 Å². The molecule has 4 aromatic heterocycles. The number of hydrogen-bond acceptors (Lipinski definition) is 9. The number of H-pyrrole nitrogens is 1. The zero-order valence-electron chi connectivity index (χ0n) is 21.1. The molecule has 0 aliphatic carbocycles. The van der Waals surface area contributed by atoms with Crippen molar-refractivity contribution in [1.82, 2.24) is 39.8 Å². The van der Waals surface area contributed by atoms with Crippen LogP contribution in [0.25, 0.3) is 5.82 Å². The van der Waals surface area contributed by atoms with Crippen molar-refractivity contribution in [3.63, 3.8) is 0 Å². The van der Waals surface area contributed by atoms with Crippen molar-refractivity contribution >= 4 is 23.5 Å². The Morgan fingerprint density at radius 3 is 2.65 bits per heavy atom. The Bertz CT molecular complexity index is 1360. The second-order valence-corrected chi connectivity index (χ2v) is 9.41. The Labute approximate surface area is 214 Å². The van der Waals surface area contributed by atoms with Crippen LogP contribution in [0.1, 0.15) is 29.8 Å². The SMILES string of the molecule is Cc1cc(Nc2cc(C)[nH]n2)nc(N2CCC(O)(C(=O)N(C)Cc3ccc(-n4cccn4)nc3)CC2)n1. The van der Waals surface area contributed by atoms with E-state index in [9.17, 15) is 9.90 Å². The standard InChI is InChI=1S/C25H30N10O2/c1-17-13-20(29-21-14-18(2)31-32-21)30-24(28-17)34-11-7-25(37,8-12-34)23(36)33(3)16-19-5-6-22(26-15-19)35-10-4-9-27-35/h4-6,9-10,13-15,37H,7-8,11-12,16H2,1-3H3,(H2,28,29,30,31,32). The van der Waals surface area contributed by atoms with E-state index in [4.69, 9.17) is 0 Å². The number of amides is 1. The zero-order valence-corrected chi connectivity index (χ0v) is 21.1. The van der Waals surface area contributed by atoms with Crippen LogP contribution in [0.5, 0.6) is 0 Å². The number of aryl methyl sites for hydroxylation is 2. The molecule has 0 unspecified atom stereocenters. The first-order valence-electron chi connectivity index (χ1n) is 12.1. The predicted octanol–water partition coefficient (Wildman–Crippen LogP) is 2.13. The second kappa shape index (κ2) is 9.97. The number of carbonyl (C=O) groups is 1. The van der Waals surface area contributed by atoms with Gasteiger partial charge in [-0.05, 0) is 31.5 Å². The van der Waals surface area contributed by atoms with E-state index in [0.29, 0.717) is 43.0 Å². The number of anilines is 3. The maximum absolute atomic E-state index is 13.2. The van der Waals surface area contributed by atoms with Crippen molar-refractivity contribution < 1.29 is 9.90 Å². The monoisotopic (exact) mass is 502 g/mol. The number of pyridine rings is 1. The summed E-state index contributed by atoms with van der Waals surface area (Å²) in [5.41, 5.74) is 1.18. The molecule has 192 valence electrons. The molecule has 0 aromatic carbocycles. The van der Waals surface area contributed by atoms with Crippen LogP contribution < -0.4 is 10.2 Å². The maximum Gasteiger partial charge on any atom is 0.254 e. The van der Waals surface area contributed by atoms with Crippen LogP contribution in [-0.4, -0.2) is 76.6 Å². The Kier molecular flexibility index (Phi) is 6.57. The first kappa shape index (κ1) is 24.4. The Balaban J connectivity index is 1.20. The Hall–Kier alpha value is -4.32. The second-order valence-electron chi connectivity index (χ2n) is 9.41. The van der Waals surface area contributed by atoms with Crippen molar-refractivity contribution in [3.8, 4) is 5.82 Å². The van der Waals surface area contributed by atoms with E-state index < -0.39 is 5.60 Å². The topological polar surface area (TPSA) is 141 Å². The fraction of sp³-hybridized carbons (Fsp3) is 0.360. The van der Waals surface area contributed by atoms with E-state index in [-0.39, 0.29) is 18.7 Å². The first-order chi connectivity index (χ1) is 17.8. The average molecular weight is 503 g/mol. The summed E-state index contributed by atoms with van der Waals surface area (Å²) in [7, 11) is 1.70. The van der Waals surface area contributed by atoms with Crippen molar-refractivity contribution in [2.45, 2.75) is 38.8 Å². The van der Waals surface area contributed by atoms with Crippen LogP contribution in [0, 0.1) is 13.8 Å². The largest absolute Gasteiger partial charge is 0.380 e. The Morgan fingerprint density at radius 1 is 1.19 bits per heavy atom. The van der Waals surface area contributed by atoms with Gasteiger partial charge >= 0.3 is 0 Å². The van der Waals surface area contributed by atoms with Gasteiger partial charge in [-0.3, -0.25) is 9.89 Å². The van der Waals surface area contributed by atoms with E-state index in [1.165, 1.54) is 0 Å². The van der Waals surface area contributed by atoms with Gasteiger partial charge in [0.1, 0.15) is 11.4 Å². The lowest BCUT2D eigenvalue weighted by molar-refractivity contribution is -0.152. The molecule has 0 saturated carbocycles. The molecule has 12 nitrogen and oxygen atoms in total. The number of carbonyl (C=O) groups excluding carboxylic acids is 1. The summed E-state index contributed by atoms with van der Waals surface area (Å²) in [4.78, 5) is 30.4. The summed E-state index contributed by atoms with van der Waals surface area (Å²) < 4.78 is 1.67. The summed E-state index contributed by atoms with van der Waals surface area (Å²) in [6.07, 6.45) is 5.80. The molecule has 0 spiro atoms. The number of piperidine rings is 1. The number of aromatic amines is 1. The minimum Gasteiger partial charge on any atom is -0.380 e. The average Bonchev–Trinajstić information content (AvgIpc) is 3.56. The van der Waals surface area contributed by atoms with Crippen molar-refractivity contribution in [1.29, 1.82) is 0 Å². The molecule has 5 heterocycles. The third-order valence-electron chi connectivity index (χ3n) is 6.39. The molecule has 1 aliphatic heterocycles. The van der Waals surface area contributed by atoms with Crippen LogP contribution in [0.4, 0.5) is 17.6 Å². The van der Waals surface area contributed by atoms with Gasteiger partial charge in [-0.25, -0.2) is 14.6 Å². The van der Waals surface area contributed by atoms with E-state index in [1.54, 1.807) is 29.0 Å². The number of hydrogen-bond donors (Lipinski definition) is 3. The number of rotatable bonds is 7. The van der Waals surface area contributed by atoms with Crippen LogP contribution in [0.15, 0.2) is 48.9 Å². The smallest absolute Gasteiger partial charge is 0.254 e. The molecule has 12 heteroatoms. The number of nitrogens with one attached hydrogen (secondary N) is 2. The molecule has 1 saturated heterocycles. The molecule has 3 N–H and O–H groups in total. The molecule has 1 amide bonds. The fourth-order valence-electron chi connectivity index (χ4n) is 4.41. The zero-order chi connectivity index (χ0) is 26.0. The molecule has 0 radical (unpaired) electrons. The highest BCUT2D eigenvalue weighted by molar-refractivity contribution is 5.85. The molecule has 4 aromatic rings. The molecule has 37 heavy (non-hydrogen) atoms. The molecular formula is C25H30N10O2. The fourth-order valence-corrected chi connectivity index (χ4v) is 4.41. The maximum atomic E-state index is 13.2. The lowest BCUT2D eigenvalue weighted by Gasteiger charge is -2.39. The Morgan fingerprint density at radius 2 is 2.00 bits per heavy atom. The van der Waals surface area contributed by atoms with Crippen molar-refractivity contribution in [2.24, 2.45) is 0 Å². The van der Waals surface area contributed by atoms with Crippen LogP contribution >= 0.6 is 0 Å². The highest BCUT2D eigenvalue weighted by Gasteiger charge is 2.41. The number of aliphatic hydroxyl groups is 1. The molecular weight excluding hydrogens is 472 g/mol. The van der Waals surface area contributed by atoms with E-state index in [0.717, 1.165) is 17.0 Å². The third-order valence-corrected chi connectivity index (χ3v) is 6.39. The minimum atomic E-state index is -1.44. The summed E-state index contributed by atoms with van der Waals surface area (Å²) in [5, 5.41) is 25.7. The van der Waals surface area contributed by atoms with Gasteiger partial charge in [-0.1, -0.05) is 6.07 Å². The highest BCUT2D eigenvalue weighted by Crippen LogP contribution is 2.28. The number of likely N-dealkylation sites (N-methyl/N-ethyl adjacent to an activating group) is 1. The van der Waals surface area contributed by atoms with E-state index in [2.05, 4.69) is 35.6 Å².